The average molecular weight is 226 g/mol. The highest BCUT2D eigenvalue weighted by Gasteiger charge is 2.22. The van der Waals surface area contributed by atoms with E-state index >= 15 is 0 Å². The molecule has 2 unspecified atom stereocenters. The van der Waals surface area contributed by atoms with Gasteiger partial charge in [-0.1, -0.05) is 0 Å². The van der Waals surface area contributed by atoms with Crippen LogP contribution in [0.1, 0.15) is 35.7 Å². The first-order chi connectivity index (χ1) is 7.31. The van der Waals surface area contributed by atoms with Gasteiger partial charge < -0.3 is 4.74 Å². The molecule has 0 saturated carbocycles. The van der Waals surface area contributed by atoms with Gasteiger partial charge >= 0.3 is 0 Å². The van der Waals surface area contributed by atoms with Crippen LogP contribution < -0.4 is 11.3 Å². The molecule has 0 spiro atoms. The van der Waals surface area contributed by atoms with Crippen molar-refractivity contribution in [3.8, 4) is 0 Å². The smallest absolute Gasteiger partial charge is 0.0594 e. The quantitative estimate of drug-likeness (QED) is 0.611. The minimum atomic E-state index is 0.244. The van der Waals surface area contributed by atoms with E-state index in [4.69, 9.17) is 10.6 Å². The molecule has 2 rings (SSSR count). The molecule has 0 radical (unpaired) electrons. The van der Waals surface area contributed by atoms with Crippen molar-refractivity contribution >= 4 is 11.3 Å². The van der Waals surface area contributed by atoms with E-state index < -0.39 is 0 Å². The van der Waals surface area contributed by atoms with E-state index in [1.54, 1.807) is 11.3 Å². The van der Waals surface area contributed by atoms with E-state index in [1.807, 2.05) is 0 Å². The number of hydrogen-bond acceptors (Lipinski definition) is 4. The molecule has 1 fully saturated rings. The SMILES string of the molecule is Cc1ccsc1C(CC1CCCO1)NN. The van der Waals surface area contributed by atoms with Gasteiger partial charge in [-0.25, -0.2) is 0 Å². The minimum Gasteiger partial charge on any atom is -0.378 e. The molecule has 0 amide bonds. The van der Waals surface area contributed by atoms with Crippen molar-refractivity contribution in [3.63, 3.8) is 0 Å². The zero-order valence-corrected chi connectivity index (χ0v) is 9.85. The molecule has 1 aliphatic rings. The van der Waals surface area contributed by atoms with Gasteiger partial charge in [-0.3, -0.25) is 11.3 Å². The Labute approximate surface area is 94.6 Å². The molecule has 84 valence electrons. The highest BCUT2D eigenvalue weighted by molar-refractivity contribution is 7.10. The molecule has 0 bridgehead atoms. The fourth-order valence-electron chi connectivity index (χ4n) is 2.09. The van der Waals surface area contributed by atoms with Crippen molar-refractivity contribution in [2.75, 3.05) is 6.61 Å². The topological polar surface area (TPSA) is 47.3 Å². The standard InChI is InChI=1S/C11H18N2OS/c1-8-4-6-15-11(8)10(13-12)7-9-3-2-5-14-9/h4,6,9-10,13H,2-3,5,7,12H2,1H3. The minimum absolute atomic E-state index is 0.244. The molecule has 15 heavy (non-hydrogen) atoms. The van der Waals surface area contributed by atoms with Crippen LogP contribution in [0.5, 0.6) is 0 Å². The van der Waals surface area contributed by atoms with E-state index in [2.05, 4.69) is 23.8 Å². The third-order valence-corrected chi connectivity index (χ3v) is 4.07. The summed E-state index contributed by atoms with van der Waals surface area (Å²) in [6.07, 6.45) is 3.72. The van der Waals surface area contributed by atoms with Crippen LogP contribution in [0.2, 0.25) is 0 Å². The number of aryl methyl sites for hydroxylation is 1. The number of hydrogen-bond donors (Lipinski definition) is 2. The second kappa shape index (κ2) is 5.07. The lowest BCUT2D eigenvalue weighted by atomic mass is 10.0. The fourth-order valence-corrected chi connectivity index (χ4v) is 3.09. The Morgan fingerprint density at radius 2 is 2.60 bits per heavy atom. The lowest BCUT2D eigenvalue weighted by Crippen LogP contribution is -2.30. The van der Waals surface area contributed by atoms with E-state index in [1.165, 1.54) is 23.3 Å². The van der Waals surface area contributed by atoms with Crippen molar-refractivity contribution in [2.45, 2.75) is 38.3 Å². The van der Waals surface area contributed by atoms with Gasteiger partial charge in [0.25, 0.3) is 0 Å². The summed E-state index contributed by atoms with van der Waals surface area (Å²) in [6, 6.07) is 2.38. The molecule has 0 aliphatic carbocycles. The highest BCUT2D eigenvalue weighted by Crippen LogP contribution is 2.29. The van der Waals surface area contributed by atoms with Crippen LogP contribution in [0.15, 0.2) is 11.4 Å². The summed E-state index contributed by atoms with van der Waals surface area (Å²) in [5, 5.41) is 2.12. The molecule has 0 aromatic carbocycles. The Balaban J connectivity index is 2.00. The van der Waals surface area contributed by atoms with E-state index in [0.29, 0.717) is 6.10 Å². The Bertz CT molecular complexity index is 307. The molecular weight excluding hydrogens is 208 g/mol. The van der Waals surface area contributed by atoms with E-state index in [-0.39, 0.29) is 6.04 Å². The summed E-state index contributed by atoms with van der Waals surface area (Å²) < 4.78 is 5.63. The lowest BCUT2D eigenvalue weighted by Gasteiger charge is -2.19. The Morgan fingerprint density at radius 3 is 3.13 bits per heavy atom. The molecule has 2 atom stereocenters. The monoisotopic (exact) mass is 226 g/mol. The molecule has 4 heteroatoms. The van der Waals surface area contributed by atoms with Gasteiger partial charge in [0.15, 0.2) is 0 Å². The summed E-state index contributed by atoms with van der Waals surface area (Å²) in [7, 11) is 0. The third-order valence-electron chi connectivity index (χ3n) is 2.94. The maximum absolute atomic E-state index is 5.63. The van der Waals surface area contributed by atoms with Gasteiger partial charge in [0.2, 0.25) is 0 Å². The summed E-state index contributed by atoms with van der Waals surface area (Å²) in [5.41, 5.74) is 4.22. The zero-order chi connectivity index (χ0) is 10.7. The van der Waals surface area contributed by atoms with Crippen molar-refractivity contribution in [2.24, 2.45) is 5.84 Å². The van der Waals surface area contributed by atoms with Crippen LogP contribution in [0.4, 0.5) is 0 Å². The van der Waals surface area contributed by atoms with Gasteiger partial charge in [-0.2, -0.15) is 0 Å². The molecule has 1 aliphatic heterocycles. The molecule has 1 saturated heterocycles. The van der Waals surface area contributed by atoms with Gasteiger partial charge in [0, 0.05) is 11.5 Å². The van der Waals surface area contributed by atoms with Gasteiger partial charge in [-0.15, -0.1) is 11.3 Å². The molecule has 1 aromatic rings. The first-order valence-electron chi connectivity index (χ1n) is 5.43. The first-order valence-corrected chi connectivity index (χ1v) is 6.31. The van der Waals surface area contributed by atoms with E-state index in [0.717, 1.165) is 13.0 Å². The van der Waals surface area contributed by atoms with Crippen LogP contribution in [0, 0.1) is 6.92 Å². The second-order valence-electron chi connectivity index (χ2n) is 4.06. The molecule has 3 N–H and O–H groups in total. The van der Waals surface area contributed by atoms with E-state index in [9.17, 15) is 0 Å². The van der Waals surface area contributed by atoms with Crippen LogP contribution in [-0.2, 0) is 4.74 Å². The summed E-state index contributed by atoms with van der Waals surface area (Å²) in [4.78, 5) is 1.34. The Morgan fingerprint density at radius 1 is 1.73 bits per heavy atom. The molecule has 1 aromatic heterocycles. The van der Waals surface area contributed by atoms with Crippen LogP contribution in [0.25, 0.3) is 0 Å². The zero-order valence-electron chi connectivity index (χ0n) is 9.03. The number of thiophene rings is 1. The highest BCUT2D eigenvalue weighted by atomic mass is 32.1. The maximum Gasteiger partial charge on any atom is 0.0594 e. The predicted octanol–water partition coefficient (Wildman–Crippen LogP) is 2.13. The third kappa shape index (κ3) is 2.58. The van der Waals surface area contributed by atoms with Crippen LogP contribution in [0.3, 0.4) is 0 Å². The molecule has 3 nitrogen and oxygen atoms in total. The molecule has 2 heterocycles. The van der Waals surface area contributed by atoms with Crippen molar-refractivity contribution < 1.29 is 4.74 Å². The second-order valence-corrected chi connectivity index (χ2v) is 5.01. The summed E-state index contributed by atoms with van der Waals surface area (Å²) in [5.74, 6) is 5.61. The average Bonchev–Trinajstić information content (AvgIpc) is 2.85. The number of rotatable bonds is 4. The largest absolute Gasteiger partial charge is 0.378 e. The lowest BCUT2D eigenvalue weighted by molar-refractivity contribution is 0.0949. The van der Waals surface area contributed by atoms with Crippen molar-refractivity contribution in [1.29, 1.82) is 0 Å². The van der Waals surface area contributed by atoms with Gasteiger partial charge in [-0.05, 0) is 43.2 Å². The van der Waals surface area contributed by atoms with Crippen LogP contribution >= 0.6 is 11.3 Å². The van der Waals surface area contributed by atoms with Crippen molar-refractivity contribution in [1.82, 2.24) is 5.43 Å². The predicted molar refractivity (Wildman–Crippen MR) is 62.7 cm³/mol. The fraction of sp³-hybridized carbons (Fsp3) is 0.636. The number of hydrazine groups is 1. The first kappa shape index (κ1) is 11.1. The number of ether oxygens (including phenoxy) is 1. The van der Waals surface area contributed by atoms with Crippen LogP contribution in [-0.4, -0.2) is 12.7 Å². The normalized spacial score (nSPS) is 23.2. The number of nitrogens with one attached hydrogen (secondary N) is 1. The maximum atomic E-state index is 5.63. The Hall–Kier alpha value is -0.420. The summed E-state index contributed by atoms with van der Waals surface area (Å²) >= 11 is 1.77. The Kier molecular flexibility index (Phi) is 3.75. The summed E-state index contributed by atoms with van der Waals surface area (Å²) in [6.45, 7) is 3.04. The van der Waals surface area contributed by atoms with Crippen molar-refractivity contribution in [3.05, 3.63) is 21.9 Å². The van der Waals surface area contributed by atoms with Gasteiger partial charge in [0.1, 0.15) is 0 Å². The molecular formula is C11H18N2OS. The van der Waals surface area contributed by atoms with Gasteiger partial charge in [0.05, 0.1) is 12.1 Å². The number of nitrogens with two attached hydrogens (primary N) is 1.